The molecule has 2 aromatic carbocycles. The van der Waals surface area contributed by atoms with Crippen LogP contribution in [0.1, 0.15) is 38.7 Å². The zero-order valence-corrected chi connectivity index (χ0v) is 21.5. The van der Waals surface area contributed by atoms with Crippen molar-refractivity contribution in [1.82, 2.24) is 9.80 Å². The zero-order chi connectivity index (χ0) is 27.6. The maximum Gasteiger partial charge on any atom is 0.246 e. The molecule has 1 fully saturated rings. The van der Waals surface area contributed by atoms with E-state index in [9.17, 15) is 28.8 Å². The van der Waals surface area contributed by atoms with Crippen LogP contribution in [0.25, 0.3) is 0 Å². The third-order valence-electron chi connectivity index (χ3n) is 7.20. The van der Waals surface area contributed by atoms with Crippen LogP contribution >= 0.6 is 0 Å². The highest BCUT2D eigenvalue weighted by Crippen LogP contribution is 2.46. The minimum Gasteiger partial charge on any atom is -0.333 e. The number of hydrogen-bond donors (Lipinski definition) is 2. The van der Waals surface area contributed by atoms with E-state index in [4.69, 9.17) is 0 Å². The molecule has 0 radical (unpaired) electrons. The molecule has 0 saturated carbocycles. The summed E-state index contributed by atoms with van der Waals surface area (Å²) in [6.45, 7) is 3.84. The first kappa shape index (κ1) is 26.8. The van der Waals surface area contributed by atoms with Crippen molar-refractivity contribution < 1.29 is 23.6 Å². The molecule has 0 bridgehead atoms. The number of halogens is 1. The normalized spacial score (nSPS) is 20.6. The molecule has 0 aromatic heterocycles. The first-order chi connectivity index (χ1) is 18.1. The molecule has 2 aromatic rings. The molecular formula is C28H30FN5O4. The number of fused-ring (bicyclic) bond motifs is 2. The van der Waals surface area contributed by atoms with E-state index in [-0.39, 0.29) is 24.8 Å². The van der Waals surface area contributed by atoms with Gasteiger partial charge in [-0.05, 0) is 48.2 Å². The third kappa shape index (κ3) is 5.09. The molecule has 2 aliphatic rings. The lowest BCUT2D eigenvalue weighted by molar-refractivity contribution is -0.146. The van der Waals surface area contributed by atoms with Gasteiger partial charge in [-0.3, -0.25) is 19.2 Å². The minimum absolute atomic E-state index is 0.0224. The highest BCUT2D eigenvalue weighted by molar-refractivity contribution is 6.08. The van der Waals surface area contributed by atoms with Crippen molar-refractivity contribution in [1.29, 1.82) is 5.26 Å². The van der Waals surface area contributed by atoms with Crippen LogP contribution < -0.4 is 10.6 Å². The molecule has 4 amide bonds. The maximum absolute atomic E-state index is 13.9. The highest BCUT2D eigenvalue weighted by Gasteiger charge is 2.56. The Morgan fingerprint density at radius 2 is 1.89 bits per heavy atom. The number of hydrogen-bond acceptors (Lipinski definition) is 5. The lowest BCUT2D eigenvalue weighted by Crippen LogP contribution is -2.52. The molecule has 1 spiro atoms. The Morgan fingerprint density at radius 3 is 2.55 bits per heavy atom. The van der Waals surface area contributed by atoms with E-state index >= 15 is 0 Å². The molecule has 2 aliphatic heterocycles. The predicted octanol–water partition coefficient (Wildman–Crippen LogP) is 3.04. The zero-order valence-electron chi connectivity index (χ0n) is 21.5. The summed E-state index contributed by atoms with van der Waals surface area (Å²) >= 11 is 0. The standard InChI is InChI=1S/C28H30FN5O4/c1-17(2)12-23(33(3)25(36)13-24(35)31-19-10-8-18(29)9-11-19)26(37)34-16-28(14-20(34)15-30)21-6-4-5-7-22(21)32-27(28)38/h4-11,17,20,23H,12-14,16H2,1-3H3,(H,31,35)(H,32,38)/t20-,23-,28-/m0/s1. The van der Waals surface area contributed by atoms with Gasteiger partial charge in [-0.15, -0.1) is 0 Å². The Labute approximate surface area is 220 Å². The van der Waals surface area contributed by atoms with E-state index in [1.807, 2.05) is 32.0 Å². The topological polar surface area (TPSA) is 123 Å². The summed E-state index contributed by atoms with van der Waals surface area (Å²) in [5, 5.41) is 15.3. The predicted molar refractivity (Wildman–Crippen MR) is 138 cm³/mol. The number of likely N-dealkylation sites (N-methyl/N-ethyl adjacent to an activating group) is 1. The smallest absolute Gasteiger partial charge is 0.246 e. The first-order valence-corrected chi connectivity index (χ1v) is 12.5. The fraction of sp³-hybridized carbons (Fsp3) is 0.393. The summed E-state index contributed by atoms with van der Waals surface area (Å²) in [5.41, 5.74) is 0.729. The van der Waals surface area contributed by atoms with E-state index in [2.05, 4.69) is 16.7 Å². The summed E-state index contributed by atoms with van der Waals surface area (Å²) in [5.74, 6) is -2.29. The van der Waals surface area contributed by atoms with Gasteiger partial charge in [0.2, 0.25) is 23.6 Å². The Kier molecular flexibility index (Phi) is 7.49. The van der Waals surface area contributed by atoms with Gasteiger partial charge in [-0.1, -0.05) is 32.0 Å². The van der Waals surface area contributed by atoms with Gasteiger partial charge >= 0.3 is 0 Å². The van der Waals surface area contributed by atoms with Crippen LogP contribution in [0.2, 0.25) is 0 Å². The Bertz CT molecular complexity index is 1310. The number of benzene rings is 2. The molecule has 0 unspecified atom stereocenters. The van der Waals surface area contributed by atoms with Crippen molar-refractivity contribution >= 4 is 35.0 Å². The minimum atomic E-state index is -1.04. The average molecular weight is 520 g/mol. The number of rotatable bonds is 7. The van der Waals surface area contributed by atoms with E-state index in [0.29, 0.717) is 17.8 Å². The van der Waals surface area contributed by atoms with Gasteiger partial charge in [-0.2, -0.15) is 5.26 Å². The van der Waals surface area contributed by atoms with Crippen molar-refractivity contribution in [3.63, 3.8) is 0 Å². The van der Waals surface area contributed by atoms with Gasteiger partial charge < -0.3 is 20.4 Å². The van der Waals surface area contributed by atoms with Gasteiger partial charge in [-0.25, -0.2) is 4.39 Å². The van der Waals surface area contributed by atoms with Crippen molar-refractivity contribution in [2.24, 2.45) is 5.92 Å². The van der Waals surface area contributed by atoms with Gasteiger partial charge in [0.1, 0.15) is 24.3 Å². The summed E-state index contributed by atoms with van der Waals surface area (Å²) in [7, 11) is 1.46. The van der Waals surface area contributed by atoms with Crippen LogP contribution in [0.15, 0.2) is 48.5 Å². The molecule has 1 saturated heterocycles. The Balaban J connectivity index is 1.52. The number of carbonyl (C=O) groups excluding carboxylic acids is 4. The van der Waals surface area contributed by atoms with E-state index in [1.54, 1.807) is 6.07 Å². The quantitative estimate of drug-likeness (QED) is 0.545. The SMILES string of the molecule is CC(C)C[C@@H](C(=O)N1C[C@]2(C[C@H]1C#N)C(=O)Nc1ccccc12)N(C)C(=O)CC(=O)Nc1ccc(F)cc1. The fourth-order valence-corrected chi connectivity index (χ4v) is 5.22. The average Bonchev–Trinajstić information content (AvgIpc) is 3.41. The first-order valence-electron chi connectivity index (χ1n) is 12.5. The summed E-state index contributed by atoms with van der Waals surface area (Å²) < 4.78 is 13.1. The number of anilines is 2. The number of nitriles is 1. The molecular weight excluding hydrogens is 489 g/mol. The van der Waals surface area contributed by atoms with E-state index in [0.717, 1.165) is 5.56 Å². The molecule has 38 heavy (non-hydrogen) atoms. The maximum atomic E-state index is 13.9. The number of nitrogens with one attached hydrogen (secondary N) is 2. The molecule has 4 rings (SSSR count). The second-order valence-electron chi connectivity index (χ2n) is 10.3. The largest absolute Gasteiger partial charge is 0.333 e. The molecule has 9 nitrogen and oxygen atoms in total. The number of likely N-dealkylation sites (tertiary alicyclic amines) is 1. The Hall–Kier alpha value is -4.26. The molecule has 2 heterocycles. The second kappa shape index (κ2) is 10.6. The monoisotopic (exact) mass is 519 g/mol. The van der Waals surface area contributed by atoms with Crippen LogP contribution in [-0.2, 0) is 24.6 Å². The summed E-state index contributed by atoms with van der Waals surface area (Å²) in [6.07, 6.45) is -0.0491. The van der Waals surface area contributed by atoms with Gasteiger partial charge in [0, 0.05) is 31.4 Å². The van der Waals surface area contributed by atoms with Gasteiger partial charge in [0.15, 0.2) is 0 Å². The molecule has 3 atom stereocenters. The highest BCUT2D eigenvalue weighted by atomic mass is 19.1. The van der Waals surface area contributed by atoms with Crippen molar-refractivity contribution in [2.75, 3.05) is 24.2 Å². The Morgan fingerprint density at radius 1 is 1.21 bits per heavy atom. The van der Waals surface area contributed by atoms with Crippen LogP contribution in [0.3, 0.4) is 0 Å². The number of para-hydroxylation sites is 1. The molecule has 0 aliphatic carbocycles. The van der Waals surface area contributed by atoms with Crippen LogP contribution in [0.5, 0.6) is 0 Å². The fourth-order valence-electron chi connectivity index (χ4n) is 5.22. The van der Waals surface area contributed by atoms with E-state index < -0.39 is 47.5 Å². The number of nitrogens with zero attached hydrogens (tertiary/aromatic N) is 3. The molecule has 10 heteroatoms. The third-order valence-corrected chi connectivity index (χ3v) is 7.20. The van der Waals surface area contributed by atoms with Gasteiger partial charge in [0.25, 0.3) is 0 Å². The summed E-state index contributed by atoms with van der Waals surface area (Å²) in [4.78, 5) is 55.1. The lowest BCUT2D eigenvalue weighted by atomic mass is 9.80. The van der Waals surface area contributed by atoms with E-state index in [1.165, 1.54) is 41.1 Å². The summed E-state index contributed by atoms with van der Waals surface area (Å²) in [6, 6.07) is 12.8. The van der Waals surface area contributed by atoms with Crippen molar-refractivity contribution in [3.8, 4) is 6.07 Å². The van der Waals surface area contributed by atoms with Crippen LogP contribution in [0, 0.1) is 23.1 Å². The van der Waals surface area contributed by atoms with Crippen molar-refractivity contribution in [3.05, 3.63) is 59.9 Å². The molecule has 2 N–H and O–H groups in total. The van der Waals surface area contributed by atoms with Crippen LogP contribution in [-0.4, -0.2) is 59.1 Å². The number of carbonyl (C=O) groups is 4. The van der Waals surface area contributed by atoms with Gasteiger partial charge in [0.05, 0.1) is 11.5 Å². The lowest BCUT2D eigenvalue weighted by Gasteiger charge is -2.33. The second-order valence-corrected chi connectivity index (χ2v) is 10.3. The van der Waals surface area contributed by atoms with Crippen molar-refractivity contribution in [2.45, 2.75) is 50.6 Å². The number of amides is 4. The van der Waals surface area contributed by atoms with Crippen LogP contribution in [0.4, 0.5) is 15.8 Å². The molecule has 198 valence electrons.